The molecule has 0 atom stereocenters. The number of nitrogens with zero attached hydrogens (tertiary/aromatic N) is 7. The van der Waals surface area contributed by atoms with Crippen LogP contribution < -0.4 is 0 Å². The Morgan fingerprint density at radius 3 is 2.47 bits per heavy atom. The summed E-state index contributed by atoms with van der Waals surface area (Å²) < 4.78 is 16.9. The molecule has 1 aromatic carbocycles. The molecule has 4 aromatic rings. The maximum absolute atomic E-state index is 13.4. The van der Waals surface area contributed by atoms with Gasteiger partial charge in [-0.05, 0) is 43.3 Å². The van der Waals surface area contributed by atoms with E-state index in [-0.39, 0.29) is 11.7 Å². The minimum absolute atomic E-state index is 0.0737. The van der Waals surface area contributed by atoms with Gasteiger partial charge >= 0.3 is 0 Å². The minimum Gasteiger partial charge on any atom is -0.336 e. The lowest BCUT2D eigenvalue weighted by Crippen LogP contribution is -2.48. The number of rotatable bonds is 5. The molecule has 0 aliphatic carbocycles. The molecule has 1 aliphatic rings. The molecule has 3 aromatic heterocycles. The van der Waals surface area contributed by atoms with E-state index in [1.807, 2.05) is 40.9 Å². The Bertz CT molecular complexity index is 1200. The van der Waals surface area contributed by atoms with Crippen LogP contribution in [0.1, 0.15) is 22.0 Å². The van der Waals surface area contributed by atoms with E-state index in [1.165, 1.54) is 12.1 Å². The van der Waals surface area contributed by atoms with Gasteiger partial charge in [0, 0.05) is 38.6 Å². The van der Waals surface area contributed by atoms with Crippen molar-refractivity contribution in [2.75, 3.05) is 26.2 Å². The van der Waals surface area contributed by atoms with Gasteiger partial charge in [-0.1, -0.05) is 0 Å². The van der Waals surface area contributed by atoms with Crippen LogP contribution in [0.15, 0.2) is 55.0 Å². The molecular weight excluding hydrogens is 411 g/mol. The van der Waals surface area contributed by atoms with Gasteiger partial charge in [0.1, 0.15) is 17.2 Å². The summed E-state index contributed by atoms with van der Waals surface area (Å²) in [5.74, 6) is 1.79. The Morgan fingerprint density at radius 1 is 1.09 bits per heavy atom. The van der Waals surface area contributed by atoms with Crippen LogP contribution in [-0.4, -0.2) is 71.4 Å². The van der Waals surface area contributed by atoms with Gasteiger partial charge in [0.2, 0.25) is 0 Å². The van der Waals surface area contributed by atoms with Gasteiger partial charge < -0.3 is 9.47 Å². The number of carbonyl (C=O) groups excluding carboxylic acids is 1. The zero-order valence-corrected chi connectivity index (χ0v) is 17.6. The first-order valence-corrected chi connectivity index (χ1v) is 10.5. The minimum atomic E-state index is -0.321. The molecule has 9 nitrogen and oxygen atoms in total. The number of halogens is 1. The first-order valence-electron chi connectivity index (χ1n) is 10.5. The van der Waals surface area contributed by atoms with E-state index in [9.17, 15) is 9.18 Å². The molecule has 1 saturated heterocycles. The number of piperazine rings is 1. The van der Waals surface area contributed by atoms with Crippen molar-refractivity contribution in [1.82, 2.24) is 39.3 Å². The number of aromatic nitrogens is 6. The summed E-state index contributed by atoms with van der Waals surface area (Å²) in [6, 6.07) is 9.83. The van der Waals surface area contributed by atoms with E-state index in [0.29, 0.717) is 36.7 Å². The van der Waals surface area contributed by atoms with Gasteiger partial charge in [-0.3, -0.25) is 14.8 Å². The second-order valence-corrected chi connectivity index (χ2v) is 7.77. The zero-order valence-electron chi connectivity index (χ0n) is 17.6. The van der Waals surface area contributed by atoms with Gasteiger partial charge in [0.25, 0.3) is 5.91 Å². The first kappa shape index (κ1) is 20.1. The number of nitrogens with one attached hydrogen (secondary N) is 1. The number of hydrogen-bond acceptors (Lipinski definition) is 5. The summed E-state index contributed by atoms with van der Waals surface area (Å²) in [6.45, 7) is 5.23. The highest BCUT2D eigenvalue weighted by Crippen LogP contribution is 2.22. The van der Waals surface area contributed by atoms with Gasteiger partial charge in [0.05, 0.1) is 18.4 Å². The molecule has 0 unspecified atom stereocenters. The molecule has 0 radical (unpaired) electrons. The van der Waals surface area contributed by atoms with Crippen LogP contribution in [0.4, 0.5) is 4.39 Å². The van der Waals surface area contributed by atoms with Crippen molar-refractivity contribution in [3.63, 3.8) is 0 Å². The number of carbonyl (C=O) groups is 1. The predicted octanol–water partition coefficient (Wildman–Crippen LogP) is 2.19. The topological polar surface area (TPSA) is 87.9 Å². The van der Waals surface area contributed by atoms with E-state index >= 15 is 0 Å². The molecular formula is C22H23FN8O. The van der Waals surface area contributed by atoms with Gasteiger partial charge in [-0.2, -0.15) is 10.2 Å². The third kappa shape index (κ3) is 3.92. The van der Waals surface area contributed by atoms with Crippen LogP contribution in [0.3, 0.4) is 0 Å². The molecule has 0 spiro atoms. The number of hydrogen-bond donors (Lipinski definition) is 1. The number of amides is 1. The summed E-state index contributed by atoms with van der Waals surface area (Å²) in [5, 5.41) is 11.5. The molecule has 1 aliphatic heterocycles. The van der Waals surface area contributed by atoms with Crippen molar-refractivity contribution in [2.24, 2.45) is 0 Å². The van der Waals surface area contributed by atoms with Gasteiger partial charge in [0.15, 0.2) is 11.6 Å². The Hall–Kier alpha value is -3.79. The average molecular weight is 434 g/mol. The average Bonchev–Trinajstić information content (AvgIpc) is 3.55. The molecule has 164 valence electrons. The molecule has 0 bridgehead atoms. The maximum Gasteiger partial charge on any atom is 0.259 e. The fraction of sp³-hybridized carbons (Fsp3) is 0.273. The van der Waals surface area contributed by atoms with Crippen LogP contribution in [0.25, 0.3) is 11.5 Å². The van der Waals surface area contributed by atoms with Crippen LogP contribution >= 0.6 is 0 Å². The largest absolute Gasteiger partial charge is 0.336 e. The second-order valence-electron chi connectivity index (χ2n) is 7.77. The lowest BCUT2D eigenvalue weighted by Gasteiger charge is -2.34. The Kier molecular flexibility index (Phi) is 5.28. The third-order valence-electron chi connectivity index (χ3n) is 5.56. The lowest BCUT2D eigenvalue weighted by atomic mass is 10.2. The molecule has 32 heavy (non-hydrogen) atoms. The Balaban J connectivity index is 1.36. The summed E-state index contributed by atoms with van der Waals surface area (Å²) >= 11 is 0. The smallest absolute Gasteiger partial charge is 0.259 e. The zero-order chi connectivity index (χ0) is 22.1. The molecule has 4 heterocycles. The summed E-state index contributed by atoms with van der Waals surface area (Å²) in [6.07, 6.45) is 5.32. The molecule has 10 heteroatoms. The standard InChI is InChI=1S/C22H23FN8O/c1-16-25-20(27-26-16)15-28-10-12-30(13-11-28)22(32)19-14-24-31(18-6-4-17(23)5-7-18)21(19)29-8-2-3-9-29/h2-9,14H,10-13,15H2,1H3,(H,25,26,27). The van der Waals surface area contributed by atoms with Gasteiger partial charge in [-0.15, -0.1) is 0 Å². The normalized spacial score (nSPS) is 14.8. The fourth-order valence-electron chi connectivity index (χ4n) is 3.93. The fourth-order valence-corrected chi connectivity index (χ4v) is 3.93. The number of aromatic amines is 1. The lowest BCUT2D eigenvalue weighted by molar-refractivity contribution is 0.0625. The van der Waals surface area contributed by atoms with E-state index in [1.54, 1.807) is 23.0 Å². The Labute approximate surface area is 184 Å². The summed E-state index contributed by atoms with van der Waals surface area (Å²) in [5.41, 5.74) is 1.18. The van der Waals surface area contributed by atoms with E-state index < -0.39 is 0 Å². The summed E-state index contributed by atoms with van der Waals surface area (Å²) in [4.78, 5) is 21.9. The van der Waals surface area contributed by atoms with Crippen LogP contribution in [0.5, 0.6) is 0 Å². The molecule has 1 amide bonds. The van der Waals surface area contributed by atoms with Crippen molar-refractivity contribution in [1.29, 1.82) is 0 Å². The second kappa shape index (κ2) is 8.39. The Morgan fingerprint density at radius 2 is 1.81 bits per heavy atom. The molecule has 5 rings (SSSR count). The highest BCUT2D eigenvalue weighted by Gasteiger charge is 2.27. The first-order chi connectivity index (χ1) is 15.6. The van der Waals surface area contributed by atoms with Crippen LogP contribution in [-0.2, 0) is 6.54 Å². The number of aryl methyl sites for hydroxylation is 1. The number of H-pyrrole nitrogens is 1. The highest BCUT2D eigenvalue weighted by molar-refractivity contribution is 5.97. The third-order valence-corrected chi connectivity index (χ3v) is 5.56. The van der Waals surface area contributed by atoms with Crippen LogP contribution in [0, 0.1) is 12.7 Å². The number of benzene rings is 1. The predicted molar refractivity (Wildman–Crippen MR) is 115 cm³/mol. The molecule has 1 N–H and O–H groups in total. The van der Waals surface area contributed by atoms with E-state index in [0.717, 1.165) is 24.7 Å². The maximum atomic E-state index is 13.4. The molecule has 0 saturated carbocycles. The summed E-state index contributed by atoms with van der Waals surface area (Å²) in [7, 11) is 0. The van der Waals surface area contributed by atoms with Crippen molar-refractivity contribution < 1.29 is 9.18 Å². The molecule has 1 fully saturated rings. The van der Waals surface area contributed by atoms with Gasteiger partial charge in [-0.25, -0.2) is 14.1 Å². The quantitative estimate of drug-likeness (QED) is 0.520. The van der Waals surface area contributed by atoms with Crippen molar-refractivity contribution in [2.45, 2.75) is 13.5 Å². The van der Waals surface area contributed by atoms with Crippen molar-refractivity contribution in [3.8, 4) is 11.5 Å². The SMILES string of the molecule is Cc1nc(CN2CCN(C(=O)c3cnn(-c4ccc(F)cc4)c3-n3cccc3)CC2)n[nH]1. The van der Waals surface area contributed by atoms with Crippen molar-refractivity contribution >= 4 is 5.91 Å². The van der Waals surface area contributed by atoms with E-state index in [2.05, 4.69) is 25.2 Å². The van der Waals surface area contributed by atoms with Crippen molar-refractivity contribution in [3.05, 3.63) is 78.0 Å². The highest BCUT2D eigenvalue weighted by atomic mass is 19.1. The van der Waals surface area contributed by atoms with Crippen LogP contribution in [0.2, 0.25) is 0 Å². The van der Waals surface area contributed by atoms with E-state index in [4.69, 9.17) is 0 Å². The monoisotopic (exact) mass is 434 g/mol.